The Balaban J connectivity index is 2.38. The van der Waals surface area contributed by atoms with Crippen molar-refractivity contribution >= 4 is 27.0 Å². The summed E-state index contributed by atoms with van der Waals surface area (Å²) in [6.45, 7) is 2.01. The van der Waals surface area contributed by atoms with E-state index in [4.69, 9.17) is 11.0 Å². The van der Waals surface area contributed by atoms with Crippen molar-refractivity contribution < 1.29 is 0 Å². The molecule has 2 N–H and O–H groups in total. The molecular weight excluding hydrogens is 270 g/mol. The van der Waals surface area contributed by atoms with E-state index in [0.717, 1.165) is 15.6 Å². The minimum Gasteiger partial charge on any atom is -0.312 e. The standard InChI is InChI=1S/C10H10BrN5/c1-10(13,5-12)6-16-4-8-7(15-16)2-3-9(11)14-8/h2-4H,6,13H2,1H3. The lowest BCUT2D eigenvalue weighted by Gasteiger charge is -2.14. The van der Waals surface area contributed by atoms with Gasteiger partial charge in [-0.1, -0.05) is 0 Å². The van der Waals surface area contributed by atoms with E-state index in [1.807, 2.05) is 18.2 Å². The molecule has 5 nitrogen and oxygen atoms in total. The van der Waals surface area contributed by atoms with Gasteiger partial charge in [-0.2, -0.15) is 10.4 Å². The van der Waals surface area contributed by atoms with E-state index in [0.29, 0.717) is 6.54 Å². The zero-order chi connectivity index (χ0) is 11.8. The highest BCUT2D eigenvalue weighted by molar-refractivity contribution is 9.10. The third kappa shape index (κ3) is 2.21. The van der Waals surface area contributed by atoms with Crippen LogP contribution in [0.15, 0.2) is 22.9 Å². The molecule has 0 saturated heterocycles. The second kappa shape index (κ2) is 3.85. The summed E-state index contributed by atoms with van der Waals surface area (Å²) in [6, 6.07) is 5.72. The fraction of sp³-hybridized carbons (Fsp3) is 0.300. The normalized spacial score (nSPS) is 14.6. The van der Waals surface area contributed by atoms with E-state index in [1.54, 1.807) is 17.8 Å². The Morgan fingerprint density at radius 2 is 2.31 bits per heavy atom. The van der Waals surface area contributed by atoms with Crippen LogP contribution in [0, 0.1) is 11.3 Å². The minimum absolute atomic E-state index is 0.345. The van der Waals surface area contributed by atoms with E-state index in [2.05, 4.69) is 26.0 Å². The third-order valence-electron chi connectivity index (χ3n) is 2.12. The molecule has 2 aromatic rings. The van der Waals surface area contributed by atoms with Gasteiger partial charge in [0.05, 0.1) is 18.8 Å². The van der Waals surface area contributed by atoms with E-state index >= 15 is 0 Å². The van der Waals surface area contributed by atoms with Gasteiger partial charge in [-0.25, -0.2) is 4.98 Å². The first-order valence-corrected chi connectivity index (χ1v) is 5.49. The van der Waals surface area contributed by atoms with Gasteiger partial charge in [0, 0.05) is 0 Å². The van der Waals surface area contributed by atoms with Crippen molar-refractivity contribution in [2.24, 2.45) is 5.73 Å². The predicted octanol–water partition coefficient (Wildman–Crippen LogP) is 1.43. The Morgan fingerprint density at radius 3 is 3.00 bits per heavy atom. The second-order valence-corrected chi connectivity index (χ2v) is 4.71. The molecule has 0 aliphatic rings. The summed E-state index contributed by atoms with van der Waals surface area (Å²) >= 11 is 3.29. The van der Waals surface area contributed by atoms with Gasteiger partial charge >= 0.3 is 0 Å². The number of pyridine rings is 1. The number of nitrogens with two attached hydrogens (primary N) is 1. The molecule has 0 saturated carbocycles. The van der Waals surface area contributed by atoms with Gasteiger partial charge in [0.25, 0.3) is 0 Å². The Hall–Kier alpha value is -1.45. The highest BCUT2D eigenvalue weighted by Crippen LogP contribution is 2.15. The first-order valence-electron chi connectivity index (χ1n) is 4.70. The molecular formula is C10H10BrN5. The van der Waals surface area contributed by atoms with Crippen LogP contribution < -0.4 is 5.73 Å². The highest BCUT2D eigenvalue weighted by Gasteiger charge is 2.18. The number of rotatable bonds is 2. The molecule has 6 heteroatoms. The van der Waals surface area contributed by atoms with Crippen LogP contribution in [0.5, 0.6) is 0 Å². The minimum atomic E-state index is -0.917. The molecule has 2 heterocycles. The average molecular weight is 280 g/mol. The number of hydrogen-bond donors (Lipinski definition) is 1. The molecule has 0 radical (unpaired) electrons. The molecule has 0 bridgehead atoms. The molecule has 82 valence electrons. The van der Waals surface area contributed by atoms with Crippen LogP contribution in [0.3, 0.4) is 0 Å². The largest absolute Gasteiger partial charge is 0.312 e. The van der Waals surface area contributed by atoms with Gasteiger partial charge in [0.1, 0.15) is 21.2 Å². The summed E-state index contributed by atoms with van der Waals surface area (Å²) in [4.78, 5) is 4.26. The van der Waals surface area contributed by atoms with Gasteiger partial charge in [-0.15, -0.1) is 0 Å². The van der Waals surface area contributed by atoms with Crippen LogP contribution >= 0.6 is 15.9 Å². The smallest absolute Gasteiger partial charge is 0.121 e. The van der Waals surface area contributed by atoms with Crippen molar-refractivity contribution in [2.45, 2.75) is 19.0 Å². The van der Waals surface area contributed by atoms with Crippen molar-refractivity contribution in [1.29, 1.82) is 5.26 Å². The molecule has 16 heavy (non-hydrogen) atoms. The topological polar surface area (TPSA) is 80.5 Å². The van der Waals surface area contributed by atoms with Crippen LogP contribution in [0.4, 0.5) is 0 Å². The van der Waals surface area contributed by atoms with E-state index in [9.17, 15) is 0 Å². The van der Waals surface area contributed by atoms with Gasteiger partial charge in [-0.05, 0) is 35.0 Å². The maximum Gasteiger partial charge on any atom is 0.121 e. The van der Waals surface area contributed by atoms with Crippen LogP contribution in [0.25, 0.3) is 11.0 Å². The summed E-state index contributed by atoms with van der Waals surface area (Å²) in [7, 11) is 0. The molecule has 1 unspecified atom stereocenters. The summed E-state index contributed by atoms with van der Waals surface area (Å²) < 4.78 is 2.41. The molecule has 0 amide bonds. The molecule has 0 aliphatic carbocycles. The van der Waals surface area contributed by atoms with Crippen molar-refractivity contribution in [3.63, 3.8) is 0 Å². The summed E-state index contributed by atoms with van der Waals surface area (Å²) in [6.07, 6.45) is 1.78. The van der Waals surface area contributed by atoms with Crippen LogP contribution in [0.2, 0.25) is 0 Å². The van der Waals surface area contributed by atoms with Gasteiger partial charge < -0.3 is 5.73 Å². The third-order valence-corrected chi connectivity index (χ3v) is 2.56. The number of fused-ring (bicyclic) bond motifs is 1. The highest BCUT2D eigenvalue weighted by atomic mass is 79.9. The lowest BCUT2D eigenvalue weighted by atomic mass is 10.1. The zero-order valence-corrected chi connectivity index (χ0v) is 10.3. The molecule has 1 atom stereocenters. The van der Waals surface area contributed by atoms with E-state index in [1.165, 1.54) is 0 Å². The van der Waals surface area contributed by atoms with Crippen molar-refractivity contribution in [3.05, 3.63) is 22.9 Å². The maximum absolute atomic E-state index is 8.84. The number of nitriles is 1. The Labute approximate surface area is 101 Å². The molecule has 2 rings (SSSR count). The number of aromatic nitrogens is 3. The number of nitrogens with zero attached hydrogens (tertiary/aromatic N) is 4. The van der Waals surface area contributed by atoms with E-state index in [-0.39, 0.29) is 0 Å². The molecule has 0 spiro atoms. The second-order valence-electron chi connectivity index (χ2n) is 3.89. The van der Waals surface area contributed by atoms with Crippen molar-refractivity contribution in [3.8, 4) is 6.07 Å². The monoisotopic (exact) mass is 279 g/mol. The van der Waals surface area contributed by atoms with Gasteiger partial charge in [0.15, 0.2) is 0 Å². The lowest BCUT2D eigenvalue weighted by molar-refractivity contribution is 0.462. The van der Waals surface area contributed by atoms with Crippen LogP contribution in [0.1, 0.15) is 6.92 Å². The van der Waals surface area contributed by atoms with Gasteiger partial charge in [-0.3, -0.25) is 4.68 Å². The first kappa shape index (κ1) is 11.0. The molecule has 0 fully saturated rings. The molecule has 0 aromatic carbocycles. The van der Waals surface area contributed by atoms with Crippen LogP contribution in [-0.4, -0.2) is 20.3 Å². The quantitative estimate of drug-likeness (QED) is 0.844. The first-order chi connectivity index (χ1) is 7.50. The molecule has 2 aromatic heterocycles. The average Bonchev–Trinajstić information content (AvgIpc) is 2.58. The zero-order valence-electron chi connectivity index (χ0n) is 8.68. The lowest BCUT2D eigenvalue weighted by Crippen LogP contribution is -2.39. The number of hydrogen-bond acceptors (Lipinski definition) is 4. The summed E-state index contributed by atoms with van der Waals surface area (Å²) in [5.74, 6) is 0. The SMILES string of the molecule is CC(N)(C#N)Cn1cc2nc(Br)ccc2n1. The summed E-state index contributed by atoms with van der Waals surface area (Å²) in [5.41, 5.74) is 6.40. The predicted molar refractivity (Wildman–Crippen MR) is 63.4 cm³/mol. The maximum atomic E-state index is 8.84. The Kier molecular flexibility index (Phi) is 2.66. The Morgan fingerprint density at radius 1 is 1.56 bits per heavy atom. The van der Waals surface area contributed by atoms with Crippen LogP contribution in [-0.2, 0) is 6.54 Å². The molecule has 0 aliphatic heterocycles. The van der Waals surface area contributed by atoms with Crippen molar-refractivity contribution in [2.75, 3.05) is 0 Å². The van der Waals surface area contributed by atoms with Crippen molar-refractivity contribution in [1.82, 2.24) is 14.8 Å². The fourth-order valence-electron chi connectivity index (χ4n) is 1.38. The fourth-order valence-corrected chi connectivity index (χ4v) is 1.71. The van der Waals surface area contributed by atoms with Gasteiger partial charge in [0.2, 0.25) is 0 Å². The summed E-state index contributed by atoms with van der Waals surface area (Å²) in [5, 5.41) is 13.1. The number of halogens is 1. The van der Waals surface area contributed by atoms with E-state index < -0.39 is 5.54 Å². The Bertz CT molecular complexity index is 566.